The molecule has 2 unspecified atom stereocenters. The Morgan fingerprint density at radius 2 is 1.91 bits per heavy atom. The second-order valence-electron chi connectivity index (χ2n) is 4.88. The number of aliphatic imine (C=N–C) groups is 1. The first-order chi connectivity index (χ1) is 10.3. The van der Waals surface area contributed by atoms with Crippen LogP contribution in [0.5, 0.6) is 0 Å². The summed E-state index contributed by atoms with van der Waals surface area (Å²) in [5, 5.41) is 6.43. The van der Waals surface area contributed by atoms with Gasteiger partial charge in [-0.25, -0.2) is 22.7 Å². The molecular formula is C12H12Br2N4O2S2. The van der Waals surface area contributed by atoms with E-state index in [1.165, 1.54) is 14.1 Å². The maximum Gasteiger partial charge on any atom is 0.268 e. The number of amidine groups is 1. The van der Waals surface area contributed by atoms with E-state index in [0.29, 0.717) is 5.17 Å². The maximum absolute atomic E-state index is 12.1. The molecule has 0 saturated heterocycles. The van der Waals surface area contributed by atoms with Crippen molar-refractivity contribution in [3.63, 3.8) is 0 Å². The minimum Gasteiger partial charge on any atom is -0.249 e. The quantitative estimate of drug-likeness (QED) is 0.495. The molecule has 0 amide bonds. The van der Waals surface area contributed by atoms with Gasteiger partial charge in [-0.3, -0.25) is 0 Å². The lowest BCUT2D eigenvalue weighted by Gasteiger charge is -2.17. The van der Waals surface area contributed by atoms with Crippen molar-refractivity contribution < 1.29 is 8.42 Å². The number of nitrogens with zero attached hydrogens (tertiary/aromatic N) is 4. The van der Waals surface area contributed by atoms with E-state index in [9.17, 15) is 8.42 Å². The Morgan fingerprint density at radius 3 is 2.45 bits per heavy atom. The minimum atomic E-state index is -3.53. The fraction of sp³-hybridized carbons (Fsp3) is 0.333. The molecule has 10 heteroatoms. The van der Waals surface area contributed by atoms with E-state index < -0.39 is 10.0 Å². The van der Waals surface area contributed by atoms with Crippen LogP contribution >= 0.6 is 43.6 Å². The standard InChI is InChI=1S/C12H12Br2N4O2S2/c1-17(2)22(19,20)12-16-18-10(14)9(15-11(18)21-12)7-3-5-8(13)6-4-7/h3-6,9-10H,1-2H3. The zero-order valence-corrected chi connectivity index (χ0v) is 16.4. The summed E-state index contributed by atoms with van der Waals surface area (Å²) in [4.78, 5) is 4.40. The first-order valence-electron chi connectivity index (χ1n) is 6.26. The lowest BCUT2D eigenvalue weighted by molar-refractivity contribution is 0.432. The van der Waals surface area contributed by atoms with E-state index in [0.717, 1.165) is 26.1 Å². The molecule has 2 heterocycles. The highest BCUT2D eigenvalue weighted by Crippen LogP contribution is 2.42. The molecular weight excluding hydrogens is 456 g/mol. The van der Waals surface area contributed by atoms with Crippen LogP contribution in [-0.2, 0) is 10.0 Å². The molecule has 0 N–H and O–H groups in total. The first-order valence-corrected chi connectivity index (χ1v) is 10.2. The van der Waals surface area contributed by atoms with Crippen LogP contribution in [0.3, 0.4) is 0 Å². The summed E-state index contributed by atoms with van der Waals surface area (Å²) in [6, 6.07) is 7.76. The van der Waals surface area contributed by atoms with Gasteiger partial charge in [-0.1, -0.05) is 44.0 Å². The van der Waals surface area contributed by atoms with Crippen molar-refractivity contribution in [3.8, 4) is 0 Å². The fourth-order valence-electron chi connectivity index (χ4n) is 1.99. The van der Waals surface area contributed by atoms with Crippen LogP contribution in [0.25, 0.3) is 0 Å². The van der Waals surface area contributed by atoms with Crippen molar-refractivity contribution >= 4 is 63.2 Å². The van der Waals surface area contributed by atoms with Gasteiger partial charge in [-0.15, -0.1) is 5.10 Å². The van der Waals surface area contributed by atoms with Crippen LogP contribution in [0.15, 0.2) is 38.8 Å². The SMILES string of the molecule is CN(C)S(=O)(=O)C1=NN2C(=NC(c3ccc(Br)cc3)C2Br)S1. The van der Waals surface area contributed by atoms with Crippen molar-refractivity contribution in [2.24, 2.45) is 10.1 Å². The minimum absolute atomic E-state index is 0.0509. The van der Waals surface area contributed by atoms with Gasteiger partial charge in [0.2, 0.25) is 4.38 Å². The van der Waals surface area contributed by atoms with Gasteiger partial charge in [0.05, 0.1) is 0 Å². The van der Waals surface area contributed by atoms with Crippen LogP contribution in [-0.4, -0.2) is 46.3 Å². The lowest BCUT2D eigenvalue weighted by atomic mass is 10.1. The number of thioether (sulfide) groups is 1. The Morgan fingerprint density at radius 1 is 1.27 bits per heavy atom. The molecule has 0 aromatic heterocycles. The predicted molar refractivity (Wildman–Crippen MR) is 96.5 cm³/mol. The third kappa shape index (κ3) is 2.75. The molecule has 2 aliphatic rings. The Kier molecular flexibility index (Phi) is 4.41. The highest BCUT2D eigenvalue weighted by atomic mass is 79.9. The topological polar surface area (TPSA) is 65.3 Å². The summed E-state index contributed by atoms with van der Waals surface area (Å²) in [5.41, 5.74) is 1.04. The molecule has 0 saturated carbocycles. The molecule has 3 rings (SSSR count). The number of alkyl halides is 1. The molecule has 2 aliphatic heterocycles. The van der Waals surface area contributed by atoms with Gasteiger partial charge in [0, 0.05) is 18.6 Å². The molecule has 2 atom stereocenters. The van der Waals surface area contributed by atoms with Gasteiger partial charge in [-0.2, -0.15) is 0 Å². The molecule has 6 nitrogen and oxygen atoms in total. The van der Waals surface area contributed by atoms with Gasteiger partial charge in [0.1, 0.15) is 11.0 Å². The van der Waals surface area contributed by atoms with Crippen molar-refractivity contribution in [2.45, 2.75) is 11.0 Å². The van der Waals surface area contributed by atoms with E-state index in [-0.39, 0.29) is 15.4 Å². The molecule has 118 valence electrons. The number of fused-ring (bicyclic) bond motifs is 1. The van der Waals surface area contributed by atoms with Gasteiger partial charge < -0.3 is 0 Å². The second-order valence-corrected chi connectivity index (χ2v) is 10.0. The maximum atomic E-state index is 12.1. The second kappa shape index (κ2) is 5.90. The number of benzene rings is 1. The third-order valence-electron chi connectivity index (χ3n) is 3.22. The van der Waals surface area contributed by atoms with Crippen LogP contribution in [0, 0.1) is 0 Å². The molecule has 0 spiro atoms. The van der Waals surface area contributed by atoms with E-state index in [1.54, 1.807) is 5.01 Å². The van der Waals surface area contributed by atoms with Crippen LogP contribution < -0.4 is 0 Å². The summed E-state index contributed by atoms with van der Waals surface area (Å²) >= 11 is 8.05. The normalized spacial score (nSPS) is 24.5. The molecule has 0 aliphatic carbocycles. The molecule has 1 aromatic rings. The largest absolute Gasteiger partial charge is 0.268 e. The predicted octanol–water partition coefficient (Wildman–Crippen LogP) is 2.79. The Bertz CT molecular complexity index is 762. The van der Waals surface area contributed by atoms with Crippen molar-refractivity contribution in [1.82, 2.24) is 9.31 Å². The summed E-state index contributed by atoms with van der Waals surface area (Å²) < 4.78 is 26.5. The summed E-state index contributed by atoms with van der Waals surface area (Å²) in [6.45, 7) is 0. The third-order valence-corrected chi connectivity index (χ3v) is 7.74. The average molecular weight is 468 g/mol. The average Bonchev–Trinajstić information content (AvgIpc) is 3.00. The smallest absolute Gasteiger partial charge is 0.249 e. The molecule has 1 aromatic carbocycles. The Hall–Kier alpha value is -0.420. The molecule has 22 heavy (non-hydrogen) atoms. The Labute approximate surface area is 150 Å². The highest BCUT2D eigenvalue weighted by Gasteiger charge is 2.43. The number of sulfonamides is 1. The van der Waals surface area contributed by atoms with Crippen molar-refractivity contribution in [1.29, 1.82) is 0 Å². The summed E-state index contributed by atoms with van der Waals surface area (Å²) in [5.74, 6) is 0. The van der Waals surface area contributed by atoms with E-state index in [2.05, 4.69) is 42.0 Å². The molecule has 0 radical (unpaired) electrons. The number of hydrazone groups is 1. The highest BCUT2D eigenvalue weighted by molar-refractivity contribution is 9.10. The number of hydrogen-bond donors (Lipinski definition) is 0. The monoisotopic (exact) mass is 466 g/mol. The molecule has 0 fully saturated rings. The number of hydrogen-bond acceptors (Lipinski definition) is 6. The fourth-order valence-corrected chi connectivity index (χ4v) is 5.39. The summed E-state index contributed by atoms with van der Waals surface area (Å²) in [6.07, 6.45) is 0. The van der Waals surface area contributed by atoms with Crippen LogP contribution in [0.2, 0.25) is 0 Å². The van der Waals surface area contributed by atoms with Crippen LogP contribution in [0.1, 0.15) is 11.6 Å². The van der Waals surface area contributed by atoms with Gasteiger partial charge in [0.25, 0.3) is 10.0 Å². The zero-order valence-electron chi connectivity index (χ0n) is 11.6. The number of rotatable bonds is 2. The van der Waals surface area contributed by atoms with Crippen molar-refractivity contribution in [3.05, 3.63) is 34.3 Å². The van der Waals surface area contributed by atoms with E-state index >= 15 is 0 Å². The lowest BCUT2D eigenvalue weighted by Crippen LogP contribution is -2.28. The van der Waals surface area contributed by atoms with Gasteiger partial charge in [-0.05, 0) is 29.5 Å². The van der Waals surface area contributed by atoms with Gasteiger partial charge in [0.15, 0.2) is 5.17 Å². The first kappa shape index (κ1) is 16.4. The Balaban J connectivity index is 1.87. The zero-order chi connectivity index (χ0) is 16.1. The number of halogens is 2. The van der Waals surface area contributed by atoms with Crippen molar-refractivity contribution in [2.75, 3.05) is 14.1 Å². The van der Waals surface area contributed by atoms with E-state index in [4.69, 9.17) is 0 Å². The van der Waals surface area contributed by atoms with E-state index in [1.807, 2.05) is 24.3 Å². The summed E-state index contributed by atoms with van der Waals surface area (Å²) in [7, 11) is -0.561. The van der Waals surface area contributed by atoms with Crippen LogP contribution in [0.4, 0.5) is 0 Å². The molecule has 0 bridgehead atoms. The van der Waals surface area contributed by atoms with Gasteiger partial charge >= 0.3 is 0 Å².